The molecule has 0 aromatic heterocycles. The van der Waals surface area contributed by atoms with Gasteiger partial charge in [-0.05, 0) is 66.9 Å². The van der Waals surface area contributed by atoms with E-state index < -0.39 is 35.7 Å². The molecule has 0 aliphatic heterocycles. The Bertz CT molecular complexity index is 719. The van der Waals surface area contributed by atoms with Crippen LogP contribution < -0.4 is 0 Å². The molecule has 3 N–H and O–H groups in total. The number of fused-ring (bicyclic) bond motifs is 5. The third-order valence-corrected chi connectivity index (χ3v) is 8.73. The van der Waals surface area contributed by atoms with Crippen molar-refractivity contribution in [3.63, 3.8) is 0 Å². The Labute approximate surface area is 158 Å². The van der Waals surface area contributed by atoms with E-state index in [1.165, 1.54) is 6.08 Å². The molecule has 3 saturated carbocycles. The molecule has 0 bridgehead atoms. The van der Waals surface area contributed by atoms with Crippen LogP contribution in [0.15, 0.2) is 11.6 Å². The Morgan fingerprint density at radius 1 is 1.26 bits per heavy atom. The first kappa shape index (κ1) is 19.2. The highest BCUT2D eigenvalue weighted by atomic mass is 19.1. The molecule has 0 amide bonds. The lowest BCUT2D eigenvalue weighted by Gasteiger charge is -2.59. The first-order valence-corrected chi connectivity index (χ1v) is 10.0. The summed E-state index contributed by atoms with van der Waals surface area (Å²) in [6, 6.07) is 0. The van der Waals surface area contributed by atoms with Crippen LogP contribution in [0.4, 0.5) is 4.39 Å². The highest BCUT2D eigenvalue weighted by Gasteiger charge is 2.70. The van der Waals surface area contributed by atoms with Crippen molar-refractivity contribution < 1.29 is 29.3 Å². The lowest BCUT2D eigenvalue weighted by Crippen LogP contribution is -2.61. The number of aliphatic hydroxyl groups is 3. The summed E-state index contributed by atoms with van der Waals surface area (Å²) in [5, 5.41) is 31.1. The number of halogens is 1. The molecular weight excluding hydrogens is 351 g/mol. The van der Waals surface area contributed by atoms with Crippen LogP contribution in [-0.2, 0) is 9.59 Å². The van der Waals surface area contributed by atoms with E-state index in [4.69, 9.17) is 0 Å². The Morgan fingerprint density at radius 3 is 2.63 bits per heavy atom. The molecule has 0 aromatic carbocycles. The second-order valence-electron chi connectivity index (χ2n) is 9.62. The molecule has 6 heteroatoms. The van der Waals surface area contributed by atoms with Gasteiger partial charge in [-0.25, -0.2) is 4.39 Å². The van der Waals surface area contributed by atoms with Crippen molar-refractivity contribution in [1.82, 2.24) is 0 Å². The van der Waals surface area contributed by atoms with Crippen molar-refractivity contribution in [3.8, 4) is 0 Å². The fourth-order valence-corrected chi connectivity index (χ4v) is 7.20. The van der Waals surface area contributed by atoms with E-state index in [0.717, 1.165) is 0 Å². The van der Waals surface area contributed by atoms with E-state index in [1.807, 2.05) is 13.8 Å². The number of carbonyl (C=O) groups is 2. The first-order chi connectivity index (χ1) is 12.6. The molecule has 4 aliphatic rings. The van der Waals surface area contributed by atoms with Crippen molar-refractivity contribution in [1.29, 1.82) is 0 Å². The van der Waals surface area contributed by atoms with Crippen LogP contribution in [0.5, 0.6) is 0 Å². The van der Waals surface area contributed by atoms with Crippen molar-refractivity contribution in [2.45, 2.75) is 70.2 Å². The zero-order valence-electron chi connectivity index (χ0n) is 15.9. The van der Waals surface area contributed by atoms with E-state index in [9.17, 15) is 24.9 Å². The summed E-state index contributed by atoms with van der Waals surface area (Å²) in [5.74, 6) is -0.851. The maximum absolute atomic E-state index is 15.2. The summed E-state index contributed by atoms with van der Waals surface area (Å²) < 4.78 is 15.2. The second kappa shape index (κ2) is 5.94. The van der Waals surface area contributed by atoms with Gasteiger partial charge in [-0.1, -0.05) is 13.8 Å². The monoisotopic (exact) mass is 380 g/mol. The Kier molecular flexibility index (Phi) is 4.23. The lowest BCUT2D eigenvalue weighted by atomic mass is 9.46. The third kappa shape index (κ3) is 2.26. The van der Waals surface area contributed by atoms with E-state index >= 15 is 4.39 Å². The Morgan fingerprint density at radius 2 is 1.96 bits per heavy atom. The zero-order chi connectivity index (χ0) is 19.8. The fraction of sp³-hybridized carbons (Fsp3) is 0.810. The first-order valence-electron chi connectivity index (χ1n) is 10.0. The van der Waals surface area contributed by atoms with Gasteiger partial charge < -0.3 is 15.3 Å². The van der Waals surface area contributed by atoms with Crippen LogP contribution in [-0.4, -0.2) is 51.4 Å². The van der Waals surface area contributed by atoms with E-state index in [1.54, 1.807) is 0 Å². The number of hydrogen-bond acceptors (Lipinski definition) is 5. The van der Waals surface area contributed by atoms with Gasteiger partial charge in [-0.3, -0.25) is 9.59 Å². The largest absolute Gasteiger partial charge is 0.390 e. The maximum Gasteiger partial charge on any atom is 0.192 e. The van der Waals surface area contributed by atoms with Crippen LogP contribution in [0.2, 0.25) is 0 Å². The molecule has 27 heavy (non-hydrogen) atoms. The van der Waals surface area contributed by atoms with Gasteiger partial charge in [0.05, 0.1) is 6.10 Å². The molecule has 8 atom stereocenters. The second-order valence-corrected chi connectivity index (χ2v) is 9.62. The normalized spacial score (nSPS) is 51.9. The van der Waals surface area contributed by atoms with Gasteiger partial charge in [0.25, 0.3) is 0 Å². The molecule has 4 rings (SSSR count). The SMILES string of the molecule is C[C@]12CCC(=O)C=C1[C@@H](F)C[C@@H]1[C@@H]2CC[C@@]2(C)[C@H]1C[C@@H](O)[C@]2(O)C(=O)CO. The average molecular weight is 380 g/mol. The van der Waals surface area contributed by atoms with Crippen LogP contribution in [0, 0.1) is 28.6 Å². The summed E-state index contributed by atoms with van der Waals surface area (Å²) in [6.07, 6.45) is 1.85. The summed E-state index contributed by atoms with van der Waals surface area (Å²) in [4.78, 5) is 24.2. The third-order valence-electron chi connectivity index (χ3n) is 8.73. The van der Waals surface area contributed by atoms with Crippen molar-refractivity contribution in [2.75, 3.05) is 6.61 Å². The summed E-state index contributed by atoms with van der Waals surface area (Å²) in [5.41, 5.74) is -2.63. The Balaban J connectivity index is 1.75. The van der Waals surface area contributed by atoms with Crippen LogP contribution in [0.3, 0.4) is 0 Å². The zero-order valence-corrected chi connectivity index (χ0v) is 15.9. The number of carbonyl (C=O) groups excluding carboxylic acids is 2. The van der Waals surface area contributed by atoms with Gasteiger partial charge >= 0.3 is 0 Å². The van der Waals surface area contributed by atoms with Crippen LogP contribution >= 0.6 is 0 Å². The minimum absolute atomic E-state index is 0.0107. The molecule has 0 heterocycles. The standard InChI is InChI=1S/C21H29FO5/c1-19-5-3-11(24)7-15(19)16(22)8-12-13(19)4-6-20(2)14(12)9-17(25)21(20,27)18(26)10-23/h7,12-14,16-17,23,25,27H,3-6,8-10H2,1-2H3/t12-,13+,14+,16+,17-,19-,20+,21+/m1/s1. The van der Waals surface area contributed by atoms with Crippen molar-refractivity contribution in [3.05, 3.63) is 11.6 Å². The minimum atomic E-state index is -1.98. The van der Waals surface area contributed by atoms with Crippen LogP contribution in [0.1, 0.15) is 52.4 Å². The van der Waals surface area contributed by atoms with Gasteiger partial charge in [0.2, 0.25) is 0 Å². The molecule has 0 unspecified atom stereocenters. The molecule has 0 radical (unpaired) electrons. The van der Waals surface area contributed by atoms with Gasteiger partial charge in [0.15, 0.2) is 17.2 Å². The maximum atomic E-state index is 15.2. The number of ketones is 2. The number of rotatable bonds is 2. The molecule has 4 aliphatic carbocycles. The molecule has 0 aromatic rings. The molecular formula is C21H29FO5. The molecule has 0 saturated heterocycles. The van der Waals surface area contributed by atoms with Crippen molar-refractivity contribution in [2.24, 2.45) is 28.6 Å². The van der Waals surface area contributed by atoms with Gasteiger partial charge in [-0.15, -0.1) is 0 Å². The highest BCUT2D eigenvalue weighted by Crippen LogP contribution is 2.67. The highest BCUT2D eigenvalue weighted by molar-refractivity contribution is 5.92. The number of Topliss-reactive ketones (excluding diaryl/α,β-unsaturated/α-hetero) is 1. The molecule has 0 spiro atoms. The predicted octanol–water partition coefficient (Wildman–Crippen LogP) is 1.73. The minimum Gasteiger partial charge on any atom is -0.390 e. The van der Waals surface area contributed by atoms with Gasteiger partial charge in [0, 0.05) is 11.8 Å². The van der Waals surface area contributed by atoms with E-state index in [-0.39, 0.29) is 41.8 Å². The molecule has 3 fully saturated rings. The summed E-state index contributed by atoms with van der Waals surface area (Å²) in [6.45, 7) is 3.04. The quantitative estimate of drug-likeness (QED) is 0.678. The van der Waals surface area contributed by atoms with E-state index in [0.29, 0.717) is 31.3 Å². The number of allylic oxidation sites excluding steroid dienone is 1. The number of aliphatic hydroxyl groups excluding tert-OH is 2. The van der Waals surface area contributed by atoms with Gasteiger partial charge in [0.1, 0.15) is 12.8 Å². The average Bonchev–Trinajstić information content (AvgIpc) is 2.84. The Hall–Kier alpha value is -1.11. The lowest BCUT2D eigenvalue weighted by molar-refractivity contribution is -0.179. The van der Waals surface area contributed by atoms with Crippen molar-refractivity contribution >= 4 is 11.6 Å². The fourth-order valence-electron chi connectivity index (χ4n) is 7.20. The topological polar surface area (TPSA) is 94.8 Å². The summed E-state index contributed by atoms with van der Waals surface area (Å²) >= 11 is 0. The number of hydrogen-bond donors (Lipinski definition) is 3. The predicted molar refractivity (Wildman–Crippen MR) is 95.4 cm³/mol. The number of alkyl halides is 1. The molecule has 150 valence electrons. The molecule has 5 nitrogen and oxygen atoms in total. The smallest absolute Gasteiger partial charge is 0.192 e. The van der Waals surface area contributed by atoms with E-state index in [2.05, 4.69) is 0 Å². The summed E-state index contributed by atoms with van der Waals surface area (Å²) in [7, 11) is 0. The van der Waals surface area contributed by atoms with Crippen LogP contribution in [0.25, 0.3) is 0 Å². The van der Waals surface area contributed by atoms with Gasteiger partial charge in [-0.2, -0.15) is 0 Å².